The van der Waals surface area contributed by atoms with Gasteiger partial charge in [-0.25, -0.2) is 8.42 Å². The Kier molecular flexibility index (Phi) is 9.92. The Hall–Kier alpha value is -3.65. The number of aryl methyl sites for hydroxylation is 3. The summed E-state index contributed by atoms with van der Waals surface area (Å²) in [5.41, 5.74) is 4.18. The molecule has 0 saturated heterocycles. The van der Waals surface area contributed by atoms with Crippen molar-refractivity contribution < 1.29 is 18.0 Å². The molecular formula is C31H39N3O4S. The summed E-state index contributed by atoms with van der Waals surface area (Å²) in [5, 5.41) is 2.96. The maximum Gasteiger partial charge on any atom is 0.264 e. The highest BCUT2D eigenvalue weighted by Crippen LogP contribution is 2.26. The Labute approximate surface area is 232 Å². The molecule has 3 rings (SSSR count). The summed E-state index contributed by atoms with van der Waals surface area (Å²) in [6.07, 6.45) is 0.750. The van der Waals surface area contributed by atoms with Gasteiger partial charge in [0.1, 0.15) is 12.6 Å². The monoisotopic (exact) mass is 549 g/mol. The second-order valence-corrected chi connectivity index (χ2v) is 11.9. The first-order chi connectivity index (χ1) is 18.4. The predicted molar refractivity (Wildman–Crippen MR) is 156 cm³/mol. The fourth-order valence-electron chi connectivity index (χ4n) is 4.15. The van der Waals surface area contributed by atoms with Crippen molar-refractivity contribution in [1.29, 1.82) is 0 Å². The van der Waals surface area contributed by atoms with E-state index in [4.69, 9.17) is 0 Å². The number of amides is 2. The molecule has 1 N–H and O–H groups in total. The van der Waals surface area contributed by atoms with Crippen LogP contribution in [-0.2, 0) is 26.2 Å². The second kappa shape index (κ2) is 12.9. The van der Waals surface area contributed by atoms with Crippen LogP contribution in [0.3, 0.4) is 0 Å². The van der Waals surface area contributed by atoms with Crippen molar-refractivity contribution in [2.45, 2.75) is 71.5 Å². The lowest BCUT2D eigenvalue weighted by Crippen LogP contribution is -2.52. The van der Waals surface area contributed by atoms with E-state index in [2.05, 4.69) is 5.32 Å². The van der Waals surface area contributed by atoms with Gasteiger partial charge in [0.2, 0.25) is 11.8 Å². The molecule has 0 aromatic heterocycles. The molecule has 0 heterocycles. The zero-order valence-corrected chi connectivity index (χ0v) is 24.5. The van der Waals surface area contributed by atoms with E-state index in [1.807, 2.05) is 65.0 Å². The van der Waals surface area contributed by atoms with Crippen molar-refractivity contribution in [2.24, 2.45) is 0 Å². The van der Waals surface area contributed by atoms with Gasteiger partial charge in [0.15, 0.2) is 0 Å². The average molecular weight is 550 g/mol. The van der Waals surface area contributed by atoms with E-state index in [-0.39, 0.29) is 23.4 Å². The van der Waals surface area contributed by atoms with Crippen LogP contribution in [0.5, 0.6) is 0 Å². The van der Waals surface area contributed by atoms with Gasteiger partial charge in [0, 0.05) is 12.6 Å². The van der Waals surface area contributed by atoms with Gasteiger partial charge in [0.25, 0.3) is 10.0 Å². The Morgan fingerprint density at radius 2 is 1.49 bits per heavy atom. The smallest absolute Gasteiger partial charge is 0.264 e. The van der Waals surface area contributed by atoms with E-state index < -0.39 is 28.5 Å². The molecule has 208 valence electrons. The lowest BCUT2D eigenvalue weighted by atomic mass is 10.1. The number of anilines is 1. The van der Waals surface area contributed by atoms with E-state index >= 15 is 0 Å². The van der Waals surface area contributed by atoms with E-state index in [1.54, 1.807) is 37.3 Å². The highest BCUT2D eigenvalue weighted by molar-refractivity contribution is 7.92. The Morgan fingerprint density at radius 1 is 0.846 bits per heavy atom. The maximum absolute atomic E-state index is 14.0. The lowest BCUT2D eigenvalue weighted by Gasteiger charge is -2.33. The summed E-state index contributed by atoms with van der Waals surface area (Å²) in [7, 11) is -4.08. The molecule has 0 radical (unpaired) electrons. The number of benzene rings is 3. The van der Waals surface area contributed by atoms with Crippen LogP contribution in [0.4, 0.5) is 5.69 Å². The van der Waals surface area contributed by atoms with E-state index in [0.717, 1.165) is 33.0 Å². The molecule has 0 spiro atoms. The summed E-state index contributed by atoms with van der Waals surface area (Å²) in [6.45, 7) is 11.1. The van der Waals surface area contributed by atoms with Crippen molar-refractivity contribution in [2.75, 3.05) is 10.8 Å². The summed E-state index contributed by atoms with van der Waals surface area (Å²) >= 11 is 0. The van der Waals surface area contributed by atoms with Crippen molar-refractivity contribution >= 4 is 27.5 Å². The molecule has 2 atom stereocenters. The first-order valence-corrected chi connectivity index (χ1v) is 14.7. The predicted octanol–water partition coefficient (Wildman–Crippen LogP) is 5.14. The van der Waals surface area contributed by atoms with Gasteiger partial charge < -0.3 is 10.2 Å². The minimum atomic E-state index is -4.08. The molecule has 0 saturated carbocycles. The quantitative estimate of drug-likeness (QED) is 0.359. The normalized spacial score (nSPS) is 12.9. The third-order valence-electron chi connectivity index (χ3n) is 7.16. The molecule has 3 aromatic rings. The molecule has 3 aromatic carbocycles. The van der Waals surface area contributed by atoms with Crippen LogP contribution in [0, 0.1) is 20.8 Å². The van der Waals surface area contributed by atoms with Gasteiger partial charge in [-0.3, -0.25) is 13.9 Å². The molecular weight excluding hydrogens is 510 g/mol. The van der Waals surface area contributed by atoms with E-state index in [0.29, 0.717) is 5.69 Å². The number of hydrogen-bond acceptors (Lipinski definition) is 4. The molecule has 0 fully saturated rings. The standard InChI is InChI=1S/C31H39N3O4S/c1-7-25(5)32-31(36)26(6)33(20-27-14-12-11-13-23(27)3)30(35)21-34(28-18-17-22(2)24(4)19-28)39(37,38)29-15-9-8-10-16-29/h8-19,25-26H,7,20-21H2,1-6H3,(H,32,36)/t25-,26-/m1/s1. The van der Waals surface area contributed by atoms with Gasteiger partial charge in [0.05, 0.1) is 10.6 Å². The number of sulfonamides is 1. The number of nitrogens with one attached hydrogen (secondary N) is 1. The first kappa shape index (κ1) is 29.9. The molecule has 0 aliphatic heterocycles. The fraction of sp³-hybridized carbons (Fsp3) is 0.355. The van der Waals surface area contributed by atoms with Crippen LogP contribution in [0.1, 0.15) is 49.4 Å². The van der Waals surface area contributed by atoms with Crippen LogP contribution < -0.4 is 9.62 Å². The Morgan fingerprint density at radius 3 is 2.10 bits per heavy atom. The van der Waals surface area contributed by atoms with E-state index in [1.165, 1.54) is 17.0 Å². The van der Waals surface area contributed by atoms with Crippen LogP contribution >= 0.6 is 0 Å². The van der Waals surface area contributed by atoms with E-state index in [9.17, 15) is 18.0 Å². The molecule has 7 nitrogen and oxygen atoms in total. The second-order valence-electron chi connectivity index (χ2n) is 10.0. The molecule has 0 aliphatic carbocycles. The molecule has 0 bridgehead atoms. The Bertz CT molecular complexity index is 1410. The van der Waals surface area contributed by atoms with Crippen LogP contribution in [0.15, 0.2) is 77.7 Å². The zero-order valence-electron chi connectivity index (χ0n) is 23.6. The van der Waals surface area contributed by atoms with Crippen molar-refractivity contribution in [1.82, 2.24) is 10.2 Å². The minimum Gasteiger partial charge on any atom is -0.352 e. The number of hydrogen-bond donors (Lipinski definition) is 1. The average Bonchev–Trinajstić information content (AvgIpc) is 2.92. The summed E-state index contributed by atoms with van der Waals surface area (Å²) in [6, 6.07) is 20.2. The fourth-order valence-corrected chi connectivity index (χ4v) is 5.58. The highest BCUT2D eigenvalue weighted by atomic mass is 32.2. The summed E-state index contributed by atoms with van der Waals surface area (Å²) in [4.78, 5) is 28.7. The van der Waals surface area contributed by atoms with Gasteiger partial charge in [-0.2, -0.15) is 0 Å². The topological polar surface area (TPSA) is 86.8 Å². The minimum absolute atomic E-state index is 0.0548. The Balaban J connectivity index is 2.05. The lowest BCUT2D eigenvalue weighted by molar-refractivity contribution is -0.139. The summed E-state index contributed by atoms with van der Waals surface area (Å²) in [5.74, 6) is -0.752. The number of rotatable bonds is 11. The van der Waals surface area contributed by atoms with Gasteiger partial charge >= 0.3 is 0 Å². The van der Waals surface area contributed by atoms with Crippen LogP contribution in [0.2, 0.25) is 0 Å². The SMILES string of the molecule is CC[C@@H](C)NC(=O)[C@@H](C)N(Cc1ccccc1C)C(=O)CN(c1ccc(C)c(C)c1)S(=O)(=O)c1ccccc1. The van der Waals surface area contributed by atoms with Gasteiger partial charge in [-0.05, 0) is 87.6 Å². The molecule has 0 aliphatic rings. The zero-order chi connectivity index (χ0) is 28.7. The van der Waals surface area contributed by atoms with Crippen molar-refractivity contribution in [3.63, 3.8) is 0 Å². The van der Waals surface area contributed by atoms with Crippen molar-refractivity contribution in [3.05, 3.63) is 95.1 Å². The first-order valence-electron chi connectivity index (χ1n) is 13.2. The third kappa shape index (κ3) is 7.26. The molecule has 0 unspecified atom stereocenters. The van der Waals surface area contributed by atoms with Gasteiger partial charge in [-0.15, -0.1) is 0 Å². The maximum atomic E-state index is 14.0. The third-order valence-corrected chi connectivity index (χ3v) is 8.95. The largest absolute Gasteiger partial charge is 0.352 e. The number of carbonyl (C=O) groups is 2. The molecule has 8 heteroatoms. The molecule has 2 amide bonds. The number of carbonyl (C=O) groups excluding carboxylic acids is 2. The van der Waals surface area contributed by atoms with Gasteiger partial charge in [-0.1, -0.05) is 55.5 Å². The van der Waals surface area contributed by atoms with Crippen molar-refractivity contribution in [3.8, 4) is 0 Å². The molecule has 39 heavy (non-hydrogen) atoms. The van der Waals surface area contributed by atoms with Crippen LogP contribution in [-0.4, -0.2) is 43.8 Å². The van der Waals surface area contributed by atoms with Crippen LogP contribution in [0.25, 0.3) is 0 Å². The highest BCUT2D eigenvalue weighted by Gasteiger charge is 2.33. The number of nitrogens with zero attached hydrogens (tertiary/aromatic N) is 2. The summed E-state index contributed by atoms with van der Waals surface area (Å²) < 4.78 is 28.9.